The highest BCUT2D eigenvalue weighted by atomic mass is 16.6. The topological polar surface area (TPSA) is 63.4 Å². The van der Waals surface area contributed by atoms with Crippen LogP contribution >= 0.6 is 0 Å². The third-order valence-electron chi connectivity index (χ3n) is 1.39. The van der Waals surface area contributed by atoms with Crippen molar-refractivity contribution in [3.05, 3.63) is 10.1 Å². The maximum absolute atomic E-state index is 9.82. The smallest absolute Gasteiger partial charge is 0.218 e. The molecule has 0 amide bonds. The fraction of sp³-hybridized carbons (Fsp3) is 1.00. The minimum absolute atomic E-state index is 0.340. The Morgan fingerprint density at radius 1 is 1.62 bits per heavy atom. The van der Waals surface area contributed by atoms with Crippen molar-refractivity contribution in [3.8, 4) is 0 Å². The van der Waals surface area contributed by atoms with Crippen molar-refractivity contribution in [2.75, 3.05) is 0 Å². The molecule has 4 nitrogen and oxygen atoms in total. The number of aliphatic hydroxyl groups is 1. The third-order valence-corrected chi connectivity index (χ3v) is 1.39. The standard InChI is InChI=1S/C4H7NO3/c6-4-1-3(2-4)5(7)8/h3-4,6H,1-2H2. The lowest BCUT2D eigenvalue weighted by Gasteiger charge is -2.23. The molecule has 0 aromatic heterocycles. The zero-order valence-corrected chi connectivity index (χ0v) is 4.28. The van der Waals surface area contributed by atoms with Gasteiger partial charge >= 0.3 is 0 Å². The molecular weight excluding hydrogens is 110 g/mol. The van der Waals surface area contributed by atoms with Crippen LogP contribution in [0.1, 0.15) is 12.8 Å². The molecule has 1 aliphatic rings. The molecule has 0 spiro atoms. The summed E-state index contributed by atoms with van der Waals surface area (Å²) in [7, 11) is 0. The van der Waals surface area contributed by atoms with Gasteiger partial charge in [0.15, 0.2) is 0 Å². The van der Waals surface area contributed by atoms with Gasteiger partial charge in [0.25, 0.3) is 0 Å². The van der Waals surface area contributed by atoms with E-state index < -0.39 is 12.1 Å². The highest BCUT2D eigenvalue weighted by molar-refractivity contribution is 4.77. The van der Waals surface area contributed by atoms with Crippen molar-refractivity contribution in [2.45, 2.75) is 25.0 Å². The fourth-order valence-corrected chi connectivity index (χ4v) is 0.731. The molecule has 0 aromatic rings. The highest BCUT2D eigenvalue weighted by Gasteiger charge is 2.36. The van der Waals surface area contributed by atoms with E-state index in [9.17, 15) is 10.1 Å². The first kappa shape index (κ1) is 5.50. The molecule has 0 unspecified atom stereocenters. The van der Waals surface area contributed by atoms with Crippen molar-refractivity contribution in [2.24, 2.45) is 0 Å². The molecule has 0 atom stereocenters. The molecule has 1 rings (SSSR count). The van der Waals surface area contributed by atoms with Crippen molar-refractivity contribution >= 4 is 0 Å². The Kier molecular flexibility index (Phi) is 1.17. The summed E-state index contributed by atoms with van der Waals surface area (Å²) in [6, 6.07) is -0.468. The first-order valence-electron chi connectivity index (χ1n) is 2.51. The Morgan fingerprint density at radius 3 is 2.25 bits per heavy atom. The Hall–Kier alpha value is -0.640. The average molecular weight is 117 g/mol. The van der Waals surface area contributed by atoms with E-state index in [1.54, 1.807) is 0 Å². The molecule has 0 aliphatic heterocycles. The van der Waals surface area contributed by atoms with Gasteiger partial charge in [0.2, 0.25) is 6.04 Å². The van der Waals surface area contributed by atoms with E-state index in [4.69, 9.17) is 5.11 Å². The molecule has 8 heavy (non-hydrogen) atoms. The summed E-state index contributed by atoms with van der Waals surface area (Å²) < 4.78 is 0. The first-order valence-corrected chi connectivity index (χ1v) is 2.51. The second kappa shape index (κ2) is 1.70. The lowest BCUT2D eigenvalue weighted by Crippen LogP contribution is -2.38. The van der Waals surface area contributed by atoms with Crippen LogP contribution in [-0.4, -0.2) is 22.2 Å². The predicted octanol–water partition coefficient (Wildman–Crippen LogP) is -0.214. The van der Waals surface area contributed by atoms with E-state index in [0.29, 0.717) is 12.8 Å². The first-order chi connectivity index (χ1) is 3.70. The van der Waals surface area contributed by atoms with Crippen LogP contribution in [0.15, 0.2) is 0 Å². The number of hydrogen-bond acceptors (Lipinski definition) is 3. The summed E-state index contributed by atoms with van der Waals surface area (Å²) in [5.74, 6) is 0. The van der Waals surface area contributed by atoms with Gasteiger partial charge in [-0.15, -0.1) is 0 Å². The normalized spacial score (nSPS) is 36.1. The molecular formula is C4H7NO3. The monoisotopic (exact) mass is 117 g/mol. The summed E-state index contributed by atoms with van der Waals surface area (Å²) in [4.78, 5) is 9.48. The Balaban J connectivity index is 2.25. The van der Waals surface area contributed by atoms with Crippen LogP contribution in [-0.2, 0) is 0 Å². The minimum Gasteiger partial charge on any atom is -0.393 e. The van der Waals surface area contributed by atoms with E-state index >= 15 is 0 Å². The summed E-state index contributed by atoms with van der Waals surface area (Å²) in [5, 5.41) is 18.4. The molecule has 0 saturated heterocycles. The summed E-state index contributed by atoms with van der Waals surface area (Å²) in [6.45, 7) is 0. The van der Waals surface area contributed by atoms with Gasteiger partial charge in [-0.05, 0) is 0 Å². The second-order valence-electron chi connectivity index (χ2n) is 2.06. The lowest BCUT2D eigenvalue weighted by molar-refractivity contribution is -0.541. The highest BCUT2D eigenvalue weighted by Crippen LogP contribution is 2.21. The van der Waals surface area contributed by atoms with Gasteiger partial charge in [0.1, 0.15) is 0 Å². The average Bonchev–Trinajstić information content (AvgIpc) is 1.57. The molecule has 0 heterocycles. The van der Waals surface area contributed by atoms with Crippen LogP contribution < -0.4 is 0 Å². The van der Waals surface area contributed by atoms with Crippen LogP contribution in [0.4, 0.5) is 0 Å². The van der Waals surface area contributed by atoms with Crippen LogP contribution in [0.5, 0.6) is 0 Å². The van der Waals surface area contributed by atoms with Gasteiger partial charge in [0, 0.05) is 17.8 Å². The van der Waals surface area contributed by atoms with E-state index in [2.05, 4.69) is 0 Å². The Labute approximate surface area is 46.3 Å². The van der Waals surface area contributed by atoms with E-state index in [0.717, 1.165) is 0 Å². The number of nitrogens with zero attached hydrogens (tertiary/aromatic N) is 1. The molecule has 1 N–H and O–H groups in total. The van der Waals surface area contributed by atoms with Crippen molar-refractivity contribution < 1.29 is 10.0 Å². The summed E-state index contributed by atoms with van der Waals surface area (Å²) >= 11 is 0. The van der Waals surface area contributed by atoms with Crippen LogP contribution in [0.25, 0.3) is 0 Å². The Bertz CT molecular complexity index is 108. The fourth-order valence-electron chi connectivity index (χ4n) is 0.731. The predicted molar refractivity (Wildman–Crippen MR) is 26.0 cm³/mol. The van der Waals surface area contributed by atoms with Gasteiger partial charge in [-0.1, -0.05) is 0 Å². The second-order valence-corrected chi connectivity index (χ2v) is 2.06. The zero-order chi connectivity index (χ0) is 6.15. The quantitative estimate of drug-likeness (QED) is 0.381. The number of hydrogen-bond donors (Lipinski definition) is 1. The molecule has 0 radical (unpaired) electrons. The third kappa shape index (κ3) is 0.790. The van der Waals surface area contributed by atoms with Gasteiger partial charge < -0.3 is 5.11 Å². The van der Waals surface area contributed by atoms with Gasteiger partial charge in [-0.2, -0.15) is 0 Å². The van der Waals surface area contributed by atoms with E-state index in [1.807, 2.05) is 0 Å². The van der Waals surface area contributed by atoms with Gasteiger partial charge in [-0.25, -0.2) is 0 Å². The number of nitro groups is 1. The molecule has 1 fully saturated rings. The number of rotatable bonds is 1. The van der Waals surface area contributed by atoms with Gasteiger partial charge in [-0.3, -0.25) is 10.1 Å². The van der Waals surface area contributed by atoms with Crippen LogP contribution in [0.2, 0.25) is 0 Å². The molecule has 0 aromatic carbocycles. The molecule has 1 aliphatic carbocycles. The van der Waals surface area contributed by atoms with Crippen molar-refractivity contribution in [3.63, 3.8) is 0 Å². The van der Waals surface area contributed by atoms with Crippen LogP contribution in [0, 0.1) is 10.1 Å². The maximum atomic E-state index is 9.82. The largest absolute Gasteiger partial charge is 0.393 e. The van der Waals surface area contributed by atoms with Gasteiger partial charge in [0.05, 0.1) is 6.10 Å². The molecule has 0 bridgehead atoms. The summed E-state index contributed by atoms with van der Waals surface area (Å²) in [5.41, 5.74) is 0. The van der Waals surface area contributed by atoms with Crippen molar-refractivity contribution in [1.82, 2.24) is 0 Å². The SMILES string of the molecule is O=[N+]([O-])C1CC(O)C1. The minimum atomic E-state index is -0.468. The number of aliphatic hydroxyl groups excluding tert-OH is 1. The van der Waals surface area contributed by atoms with E-state index in [-0.39, 0.29) is 4.92 Å². The zero-order valence-electron chi connectivity index (χ0n) is 4.28. The molecule has 1 saturated carbocycles. The lowest BCUT2D eigenvalue weighted by atomic mass is 9.90. The molecule has 46 valence electrons. The van der Waals surface area contributed by atoms with E-state index in [1.165, 1.54) is 0 Å². The summed E-state index contributed by atoms with van der Waals surface area (Å²) in [6.07, 6.45) is 0.269. The van der Waals surface area contributed by atoms with Crippen molar-refractivity contribution in [1.29, 1.82) is 0 Å². The van der Waals surface area contributed by atoms with Crippen LogP contribution in [0.3, 0.4) is 0 Å². The maximum Gasteiger partial charge on any atom is 0.218 e. The molecule has 4 heteroatoms. The Morgan fingerprint density at radius 2 is 2.12 bits per heavy atom.